The second kappa shape index (κ2) is 8.33. The third-order valence-electron chi connectivity index (χ3n) is 4.56. The van der Waals surface area contributed by atoms with Crippen LogP contribution >= 0.6 is 0 Å². The van der Waals surface area contributed by atoms with Crippen molar-refractivity contribution in [2.24, 2.45) is 0 Å². The minimum absolute atomic E-state index is 0.0629. The van der Waals surface area contributed by atoms with E-state index in [0.29, 0.717) is 6.04 Å². The van der Waals surface area contributed by atoms with Crippen LogP contribution < -0.4 is 10.6 Å². The minimum atomic E-state index is 0.0629. The first-order chi connectivity index (χ1) is 10.8. The lowest BCUT2D eigenvalue weighted by molar-refractivity contribution is 0.0927. The molecular formula is C19H30N2O. The van der Waals surface area contributed by atoms with Gasteiger partial charge in [0.05, 0.1) is 0 Å². The van der Waals surface area contributed by atoms with Crippen LogP contribution in [0.5, 0.6) is 0 Å². The average Bonchev–Trinajstić information content (AvgIpc) is 3.29. The topological polar surface area (TPSA) is 41.1 Å². The molecule has 0 radical (unpaired) electrons. The molecule has 1 aromatic rings. The number of hydrogen-bond donors (Lipinski definition) is 2. The molecule has 1 heterocycles. The van der Waals surface area contributed by atoms with E-state index >= 15 is 0 Å². The molecule has 1 aromatic carbocycles. The van der Waals surface area contributed by atoms with Gasteiger partial charge in [-0.05, 0) is 62.3 Å². The van der Waals surface area contributed by atoms with Gasteiger partial charge in [-0.1, -0.05) is 32.9 Å². The van der Waals surface area contributed by atoms with Crippen LogP contribution in [0, 0.1) is 0 Å². The third kappa shape index (κ3) is 4.33. The van der Waals surface area contributed by atoms with Gasteiger partial charge in [-0.2, -0.15) is 0 Å². The molecule has 1 aliphatic heterocycles. The van der Waals surface area contributed by atoms with Gasteiger partial charge in [-0.25, -0.2) is 0 Å². The van der Waals surface area contributed by atoms with Gasteiger partial charge in [-0.3, -0.25) is 4.79 Å². The molecule has 3 heteroatoms. The highest BCUT2D eigenvalue weighted by Gasteiger charge is 2.26. The summed E-state index contributed by atoms with van der Waals surface area (Å²) in [4.78, 5) is 12.3. The van der Waals surface area contributed by atoms with Crippen molar-refractivity contribution >= 4 is 5.91 Å². The highest BCUT2D eigenvalue weighted by atomic mass is 16.1. The molecule has 1 saturated carbocycles. The highest BCUT2D eigenvalue weighted by molar-refractivity contribution is 5.94. The smallest absolute Gasteiger partial charge is 0.251 e. The van der Waals surface area contributed by atoms with Crippen molar-refractivity contribution in [3.8, 4) is 0 Å². The Kier molecular flexibility index (Phi) is 6.44. The van der Waals surface area contributed by atoms with Crippen LogP contribution in [0.1, 0.15) is 74.7 Å². The number of amides is 1. The molecule has 2 unspecified atom stereocenters. The van der Waals surface area contributed by atoms with Crippen molar-refractivity contribution in [1.82, 2.24) is 10.6 Å². The van der Waals surface area contributed by atoms with Crippen LogP contribution in [0.2, 0.25) is 0 Å². The van der Waals surface area contributed by atoms with E-state index in [-0.39, 0.29) is 11.9 Å². The zero-order chi connectivity index (χ0) is 15.9. The Morgan fingerprint density at radius 3 is 2.41 bits per heavy atom. The second-order valence-corrected chi connectivity index (χ2v) is 6.09. The van der Waals surface area contributed by atoms with E-state index in [1.807, 2.05) is 26.0 Å². The third-order valence-corrected chi connectivity index (χ3v) is 4.56. The lowest BCUT2D eigenvalue weighted by atomic mass is 10.0. The Bertz CT molecular complexity index is 459. The Balaban J connectivity index is 0.000000847. The summed E-state index contributed by atoms with van der Waals surface area (Å²) in [5.41, 5.74) is 2.16. The molecule has 2 aliphatic rings. The van der Waals surface area contributed by atoms with E-state index in [1.165, 1.54) is 31.2 Å². The Morgan fingerprint density at radius 1 is 1.23 bits per heavy atom. The van der Waals surface area contributed by atoms with E-state index in [2.05, 4.69) is 29.7 Å². The molecule has 1 saturated heterocycles. The van der Waals surface area contributed by atoms with Gasteiger partial charge in [0.1, 0.15) is 0 Å². The molecule has 0 aromatic heterocycles. The number of rotatable bonds is 5. The van der Waals surface area contributed by atoms with Crippen molar-refractivity contribution in [1.29, 1.82) is 0 Å². The van der Waals surface area contributed by atoms with E-state index < -0.39 is 0 Å². The maximum absolute atomic E-state index is 12.3. The fraction of sp³-hybridized carbons (Fsp3) is 0.632. The van der Waals surface area contributed by atoms with Gasteiger partial charge in [0, 0.05) is 17.6 Å². The zero-order valence-electron chi connectivity index (χ0n) is 14.2. The van der Waals surface area contributed by atoms with Crippen LogP contribution in [0.15, 0.2) is 24.3 Å². The van der Waals surface area contributed by atoms with Crippen LogP contribution in [0.25, 0.3) is 0 Å². The summed E-state index contributed by atoms with van der Waals surface area (Å²) >= 11 is 0. The number of hydrogen-bond acceptors (Lipinski definition) is 2. The maximum Gasteiger partial charge on any atom is 0.251 e. The summed E-state index contributed by atoms with van der Waals surface area (Å²) in [7, 11) is 0. The van der Waals surface area contributed by atoms with Gasteiger partial charge in [0.25, 0.3) is 5.91 Å². The van der Waals surface area contributed by atoms with E-state index in [4.69, 9.17) is 0 Å². The van der Waals surface area contributed by atoms with E-state index in [0.717, 1.165) is 24.4 Å². The zero-order valence-corrected chi connectivity index (χ0v) is 14.2. The first kappa shape index (κ1) is 17.0. The molecule has 3 rings (SSSR count). The summed E-state index contributed by atoms with van der Waals surface area (Å²) in [5.74, 6) is 0.811. The van der Waals surface area contributed by atoms with Crippen molar-refractivity contribution in [2.75, 3.05) is 6.54 Å². The second-order valence-electron chi connectivity index (χ2n) is 6.09. The normalized spacial score (nSPS) is 21.7. The lowest BCUT2D eigenvalue weighted by Crippen LogP contribution is -2.47. The van der Waals surface area contributed by atoms with Crippen LogP contribution in [0.4, 0.5) is 0 Å². The van der Waals surface area contributed by atoms with Gasteiger partial charge in [0.15, 0.2) is 0 Å². The molecule has 1 amide bonds. The number of nitrogens with one attached hydrogen (secondary N) is 2. The molecule has 22 heavy (non-hydrogen) atoms. The number of carbonyl (C=O) groups is 1. The average molecular weight is 302 g/mol. The monoisotopic (exact) mass is 302 g/mol. The highest BCUT2D eigenvalue weighted by Crippen LogP contribution is 2.39. The van der Waals surface area contributed by atoms with Gasteiger partial charge >= 0.3 is 0 Å². The van der Waals surface area contributed by atoms with Crippen molar-refractivity contribution < 1.29 is 4.79 Å². The van der Waals surface area contributed by atoms with E-state index in [1.54, 1.807) is 0 Å². The number of benzene rings is 1. The molecule has 1 aliphatic carbocycles. The Hall–Kier alpha value is -1.35. The largest absolute Gasteiger partial charge is 0.348 e. The molecular weight excluding hydrogens is 272 g/mol. The van der Waals surface area contributed by atoms with Crippen molar-refractivity contribution in [2.45, 2.75) is 70.9 Å². The summed E-state index contributed by atoms with van der Waals surface area (Å²) in [6.45, 7) is 7.22. The first-order valence-electron chi connectivity index (χ1n) is 8.92. The quantitative estimate of drug-likeness (QED) is 0.867. The van der Waals surface area contributed by atoms with Gasteiger partial charge < -0.3 is 10.6 Å². The van der Waals surface area contributed by atoms with Crippen LogP contribution in [-0.2, 0) is 0 Å². The van der Waals surface area contributed by atoms with Gasteiger partial charge in [0.2, 0.25) is 0 Å². The fourth-order valence-corrected chi connectivity index (χ4v) is 3.12. The molecule has 3 nitrogen and oxygen atoms in total. The fourth-order valence-electron chi connectivity index (χ4n) is 3.12. The standard InChI is InChI=1S/C17H24N2O.C2H6/c1-2-15(16-4-3-11-18-16)19-17(20)14-9-7-13(8-10-14)12-5-6-12;1-2/h7-10,12,15-16,18H,2-6,11H2,1H3,(H,19,20);1-2H3. The summed E-state index contributed by atoms with van der Waals surface area (Å²) in [6, 6.07) is 8.85. The first-order valence-corrected chi connectivity index (χ1v) is 8.92. The summed E-state index contributed by atoms with van der Waals surface area (Å²) < 4.78 is 0. The molecule has 0 bridgehead atoms. The minimum Gasteiger partial charge on any atom is -0.348 e. The molecule has 122 valence electrons. The predicted octanol–water partition coefficient (Wildman–Crippen LogP) is 3.85. The lowest BCUT2D eigenvalue weighted by Gasteiger charge is -2.23. The molecule has 2 fully saturated rings. The molecule has 2 N–H and O–H groups in total. The van der Waals surface area contributed by atoms with Crippen molar-refractivity contribution in [3.63, 3.8) is 0 Å². The molecule has 2 atom stereocenters. The van der Waals surface area contributed by atoms with Crippen LogP contribution in [0.3, 0.4) is 0 Å². The maximum atomic E-state index is 12.3. The number of carbonyl (C=O) groups excluding carboxylic acids is 1. The molecule has 0 spiro atoms. The summed E-state index contributed by atoms with van der Waals surface area (Å²) in [5, 5.41) is 6.67. The summed E-state index contributed by atoms with van der Waals surface area (Å²) in [6.07, 6.45) is 5.96. The van der Waals surface area contributed by atoms with E-state index in [9.17, 15) is 4.79 Å². The Labute approximate surface area is 134 Å². The van der Waals surface area contributed by atoms with Crippen molar-refractivity contribution in [3.05, 3.63) is 35.4 Å². The predicted molar refractivity (Wildman–Crippen MR) is 92.3 cm³/mol. The van der Waals surface area contributed by atoms with Crippen LogP contribution in [-0.4, -0.2) is 24.5 Å². The Morgan fingerprint density at radius 2 is 1.91 bits per heavy atom. The SMILES string of the molecule is CC.CCC(NC(=O)c1ccc(C2CC2)cc1)C1CCCN1. The van der Waals surface area contributed by atoms with Gasteiger partial charge in [-0.15, -0.1) is 0 Å².